The van der Waals surface area contributed by atoms with Crippen LogP contribution in [0.25, 0.3) is 0 Å². The largest absolute Gasteiger partial charge is 0.493 e. The van der Waals surface area contributed by atoms with E-state index in [0.29, 0.717) is 0 Å². The van der Waals surface area contributed by atoms with E-state index < -0.39 is 0 Å². The molecular weight excluding hydrogens is 229 g/mol. The van der Waals surface area contributed by atoms with E-state index in [-0.39, 0.29) is 11.9 Å². The van der Waals surface area contributed by atoms with Crippen LogP contribution in [0.5, 0.6) is 5.75 Å². The zero-order valence-corrected chi connectivity index (χ0v) is 11.2. The van der Waals surface area contributed by atoms with Crippen LogP contribution in [0.2, 0.25) is 0 Å². The Kier molecular flexibility index (Phi) is 4.59. The van der Waals surface area contributed by atoms with Crippen LogP contribution in [0, 0.1) is 11.7 Å². The molecule has 3 heteroatoms. The molecule has 1 aliphatic rings. The molecule has 0 radical (unpaired) electrons. The highest BCUT2D eigenvalue weighted by atomic mass is 19.1. The van der Waals surface area contributed by atoms with Crippen molar-refractivity contribution in [3.05, 3.63) is 29.6 Å². The maximum atomic E-state index is 13.3. The molecule has 1 aromatic carbocycles. The molecule has 1 aliphatic carbocycles. The molecule has 0 aliphatic heterocycles. The number of benzene rings is 1. The van der Waals surface area contributed by atoms with Gasteiger partial charge >= 0.3 is 0 Å². The normalized spacial score (nSPS) is 17.3. The minimum Gasteiger partial charge on any atom is -0.493 e. The molecule has 0 bridgehead atoms. The van der Waals surface area contributed by atoms with Gasteiger partial charge in [-0.25, -0.2) is 4.39 Å². The van der Waals surface area contributed by atoms with Crippen LogP contribution in [-0.2, 0) is 0 Å². The molecule has 18 heavy (non-hydrogen) atoms. The van der Waals surface area contributed by atoms with E-state index in [4.69, 9.17) is 4.74 Å². The van der Waals surface area contributed by atoms with Gasteiger partial charge in [0.25, 0.3) is 0 Å². The fourth-order valence-electron chi connectivity index (χ4n) is 2.26. The zero-order chi connectivity index (χ0) is 13.0. The molecule has 2 rings (SSSR count). The van der Waals surface area contributed by atoms with Gasteiger partial charge in [-0.3, -0.25) is 0 Å². The Balaban J connectivity index is 1.96. The van der Waals surface area contributed by atoms with Crippen LogP contribution in [-0.4, -0.2) is 13.7 Å². The van der Waals surface area contributed by atoms with E-state index >= 15 is 0 Å². The second kappa shape index (κ2) is 6.19. The van der Waals surface area contributed by atoms with E-state index in [1.54, 1.807) is 12.1 Å². The van der Waals surface area contributed by atoms with Crippen LogP contribution < -0.4 is 10.1 Å². The van der Waals surface area contributed by atoms with Crippen LogP contribution >= 0.6 is 0 Å². The third-order valence-corrected chi connectivity index (χ3v) is 3.88. The molecule has 0 spiro atoms. The highest BCUT2D eigenvalue weighted by Crippen LogP contribution is 2.30. The maximum absolute atomic E-state index is 13.3. The average Bonchev–Trinajstić information content (AvgIpc) is 2.32. The summed E-state index contributed by atoms with van der Waals surface area (Å²) in [6, 6.07) is 4.85. The number of nitrogens with one attached hydrogen (secondary N) is 1. The van der Waals surface area contributed by atoms with Gasteiger partial charge in [-0.1, -0.05) is 19.3 Å². The molecule has 0 saturated heterocycles. The molecule has 0 aromatic heterocycles. The van der Waals surface area contributed by atoms with E-state index in [0.717, 1.165) is 30.3 Å². The summed E-state index contributed by atoms with van der Waals surface area (Å²) in [4.78, 5) is 0. The summed E-state index contributed by atoms with van der Waals surface area (Å²) < 4.78 is 19.1. The quantitative estimate of drug-likeness (QED) is 0.832. The minimum absolute atomic E-state index is 0.0967. The molecule has 2 nitrogen and oxygen atoms in total. The number of hydrogen-bond donors (Lipinski definition) is 1. The Morgan fingerprint density at radius 1 is 1.44 bits per heavy atom. The van der Waals surface area contributed by atoms with Gasteiger partial charge in [-0.05, 0) is 44.5 Å². The molecule has 1 N–H and O–H groups in total. The molecule has 0 heterocycles. The molecule has 0 amide bonds. The Morgan fingerprint density at radius 3 is 2.83 bits per heavy atom. The summed E-state index contributed by atoms with van der Waals surface area (Å²) in [5, 5.41) is 3.12. The third-order valence-electron chi connectivity index (χ3n) is 3.88. The smallest absolute Gasteiger partial charge is 0.124 e. The lowest BCUT2D eigenvalue weighted by Gasteiger charge is -2.25. The van der Waals surface area contributed by atoms with Gasteiger partial charge in [0.05, 0.1) is 6.61 Å². The first kappa shape index (κ1) is 13.3. The van der Waals surface area contributed by atoms with Crippen molar-refractivity contribution in [3.8, 4) is 5.75 Å². The summed E-state index contributed by atoms with van der Waals surface area (Å²) in [6.45, 7) is 2.74. The van der Waals surface area contributed by atoms with Crippen LogP contribution in [0.15, 0.2) is 18.2 Å². The van der Waals surface area contributed by atoms with Crippen molar-refractivity contribution in [1.82, 2.24) is 5.32 Å². The third kappa shape index (κ3) is 3.22. The predicted molar refractivity (Wildman–Crippen MR) is 71.3 cm³/mol. The Hall–Kier alpha value is -1.09. The summed E-state index contributed by atoms with van der Waals surface area (Å²) in [6.07, 6.45) is 5.16. The molecule has 1 atom stereocenters. The molecule has 1 unspecified atom stereocenters. The van der Waals surface area contributed by atoms with Crippen molar-refractivity contribution in [1.29, 1.82) is 0 Å². The monoisotopic (exact) mass is 251 g/mol. The summed E-state index contributed by atoms with van der Waals surface area (Å²) >= 11 is 0. The van der Waals surface area contributed by atoms with Gasteiger partial charge in [0.15, 0.2) is 0 Å². The molecule has 100 valence electrons. The van der Waals surface area contributed by atoms with E-state index in [1.165, 1.54) is 25.3 Å². The molecule has 1 saturated carbocycles. The van der Waals surface area contributed by atoms with E-state index in [2.05, 4.69) is 5.32 Å². The SMILES string of the molecule is CNC(C)c1cc(F)ccc1OCCC1CCC1. The number of ether oxygens (including phenoxy) is 1. The van der Waals surface area contributed by atoms with E-state index in [1.807, 2.05) is 14.0 Å². The van der Waals surface area contributed by atoms with Gasteiger partial charge in [-0.15, -0.1) is 0 Å². The highest BCUT2D eigenvalue weighted by molar-refractivity contribution is 5.36. The lowest BCUT2D eigenvalue weighted by molar-refractivity contribution is 0.220. The first-order valence-corrected chi connectivity index (χ1v) is 6.80. The molecular formula is C15H22FNO. The van der Waals surface area contributed by atoms with Crippen LogP contribution in [0.4, 0.5) is 4.39 Å². The van der Waals surface area contributed by atoms with Gasteiger partial charge in [-0.2, -0.15) is 0 Å². The number of rotatable bonds is 6. The first-order valence-electron chi connectivity index (χ1n) is 6.80. The zero-order valence-electron chi connectivity index (χ0n) is 11.2. The van der Waals surface area contributed by atoms with Crippen LogP contribution in [0.3, 0.4) is 0 Å². The van der Waals surface area contributed by atoms with Crippen LogP contribution in [0.1, 0.15) is 44.2 Å². The first-order chi connectivity index (χ1) is 8.70. The second-order valence-electron chi connectivity index (χ2n) is 5.13. The topological polar surface area (TPSA) is 21.3 Å². The molecule has 1 fully saturated rings. The van der Waals surface area contributed by atoms with E-state index in [9.17, 15) is 4.39 Å². The second-order valence-corrected chi connectivity index (χ2v) is 5.13. The number of halogens is 1. The maximum Gasteiger partial charge on any atom is 0.124 e. The number of hydrogen-bond acceptors (Lipinski definition) is 2. The Bertz CT molecular complexity index is 390. The van der Waals surface area contributed by atoms with Crippen molar-refractivity contribution in [2.24, 2.45) is 5.92 Å². The molecule has 1 aromatic rings. The summed E-state index contributed by atoms with van der Waals surface area (Å²) in [5.41, 5.74) is 0.895. The Morgan fingerprint density at radius 2 is 2.22 bits per heavy atom. The summed E-state index contributed by atoms with van der Waals surface area (Å²) in [7, 11) is 1.87. The van der Waals surface area contributed by atoms with Gasteiger partial charge in [0, 0.05) is 11.6 Å². The lowest BCUT2D eigenvalue weighted by Crippen LogP contribution is -2.17. The lowest BCUT2D eigenvalue weighted by atomic mass is 9.83. The van der Waals surface area contributed by atoms with Crippen molar-refractivity contribution in [3.63, 3.8) is 0 Å². The fraction of sp³-hybridized carbons (Fsp3) is 0.600. The highest BCUT2D eigenvalue weighted by Gasteiger charge is 2.17. The minimum atomic E-state index is -0.210. The van der Waals surface area contributed by atoms with Crippen molar-refractivity contribution in [2.75, 3.05) is 13.7 Å². The standard InChI is InChI=1S/C15H22FNO/c1-11(17-2)14-10-13(16)6-7-15(14)18-9-8-12-4-3-5-12/h6-7,10-12,17H,3-5,8-9H2,1-2H3. The summed E-state index contributed by atoms with van der Waals surface area (Å²) in [5.74, 6) is 1.44. The average molecular weight is 251 g/mol. The van der Waals surface area contributed by atoms with Gasteiger partial charge in [0.1, 0.15) is 11.6 Å². The van der Waals surface area contributed by atoms with Gasteiger partial charge < -0.3 is 10.1 Å². The van der Waals surface area contributed by atoms with Gasteiger partial charge in [0.2, 0.25) is 0 Å². The van der Waals surface area contributed by atoms with Crippen molar-refractivity contribution >= 4 is 0 Å². The predicted octanol–water partition coefficient (Wildman–Crippen LogP) is 3.68. The Labute approximate surface area is 109 Å². The fourth-order valence-corrected chi connectivity index (χ4v) is 2.26. The van der Waals surface area contributed by atoms with Crippen molar-refractivity contribution in [2.45, 2.75) is 38.6 Å². The van der Waals surface area contributed by atoms with Crippen molar-refractivity contribution < 1.29 is 9.13 Å².